The summed E-state index contributed by atoms with van der Waals surface area (Å²) in [6.07, 6.45) is 1.96. The minimum Gasteiger partial charge on any atom is -0.378 e. The molecule has 0 bridgehead atoms. The van der Waals surface area contributed by atoms with Crippen LogP contribution in [0, 0.1) is 0 Å². The average Bonchev–Trinajstić information content (AvgIpc) is 2.98. The van der Waals surface area contributed by atoms with Crippen LogP contribution >= 0.6 is 0 Å². The molecule has 0 unspecified atom stereocenters. The topological polar surface area (TPSA) is 70.7 Å². The molecule has 2 rings (SSSR count). The number of hydrogen-bond donors (Lipinski definition) is 2. The van der Waals surface area contributed by atoms with Crippen LogP contribution in [0.15, 0.2) is 24.3 Å². The van der Waals surface area contributed by atoms with Crippen molar-refractivity contribution in [1.82, 2.24) is 5.32 Å². The van der Waals surface area contributed by atoms with Crippen LogP contribution in [0.5, 0.6) is 0 Å². The van der Waals surface area contributed by atoms with E-state index in [-0.39, 0.29) is 6.10 Å². The largest absolute Gasteiger partial charge is 0.378 e. The number of anilines is 2. The monoisotopic (exact) mass is 291 g/mol. The van der Waals surface area contributed by atoms with E-state index in [0.29, 0.717) is 12.2 Å². The van der Waals surface area contributed by atoms with E-state index in [4.69, 9.17) is 4.74 Å². The zero-order valence-corrected chi connectivity index (χ0v) is 12.4. The number of rotatable bonds is 4. The highest BCUT2D eigenvalue weighted by molar-refractivity contribution is 6.39. The molecule has 2 amide bonds. The molecular weight excluding hydrogens is 270 g/mol. The molecule has 1 saturated heterocycles. The molecule has 1 aliphatic rings. The highest BCUT2D eigenvalue weighted by Gasteiger charge is 2.19. The Balaban J connectivity index is 1.80. The predicted molar refractivity (Wildman–Crippen MR) is 81.4 cm³/mol. The number of ether oxygens (including phenoxy) is 1. The number of nitrogens with one attached hydrogen (secondary N) is 2. The second kappa shape index (κ2) is 7.08. The molecule has 1 aromatic carbocycles. The fourth-order valence-corrected chi connectivity index (χ4v) is 2.12. The van der Waals surface area contributed by atoms with Gasteiger partial charge in [0.25, 0.3) is 0 Å². The Labute approximate surface area is 124 Å². The Morgan fingerprint density at radius 2 is 1.95 bits per heavy atom. The van der Waals surface area contributed by atoms with Gasteiger partial charge >= 0.3 is 11.8 Å². The Bertz CT molecular complexity index is 493. The maximum atomic E-state index is 11.8. The van der Waals surface area contributed by atoms with Crippen molar-refractivity contribution < 1.29 is 14.3 Å². The van der Waals surface area contributed by atoms with Gasteiger partial charge in [0, 0.05) is 38.6 Å². The SMILES string of the molecule is CN(C)c1ccc(NC(=O)C(=O)NC[C@H]2CCCO2)cc1. The summed E-state index contributed by atoms with van der Waals surface area (Å²) in [6, 6.07) is 7.28. The summed E-state index contributed by atoms with van der Waals surface area (Å²) in [7, 11) is 3.87. The van der Waals surface area contributed by atoms with Crippen molar-refractivity contribution in [3.63, 3.8) is 0 Å². The Kier molecular flexibility index (Phi) is 5.16. The first-order chi connectivity index (χ1) is 10.1. The average molecular weight is 291 g/mol. The molecule has 6 nitrogen and oxygen atoms in total. The van der Waals surface area contributed by atoms with E-state index in [1.54, 1.807) is 12.1 Å². The standard InChI is InChI=1S/C15H21N3O3/c1-18(2)12-7-5-11(6-8-12)17-15(20)14(19)16-10-13-4-3-9-21-13/h5-8,13H,3-4,9-10H2,1-2H3,(H,16,19)(H,17,20)/t13-/m1/s1. The number of carbonyl (C=O) groups is 2. The maximum absolute atomic E-state index is 11.8. The van der Waals surface area contributed by atoms with Crippen LogP contribution in [0.4, 0.5) is 11.4 Å². The molecule has 1 atom stereocenters. The summed E-state index contributed by atoms with van der Waals surface area (Å²) >= 11 is 0. The molecule has 0 saturated carbocycles. The Morgan fingerprint density at radius 1 is 1.24 bits per heavy atom. The third kappa shape index (κ3) is 4.46. The second-order valence-corrected chi connectivity index (χ2v) is 5.24. The molecule has 0 aromatic heterocycles. The lowest BCUT2D eigenvalue weighted by Gasteiger charge is -2.13. The lowest BCUT2D eigenvalue weighted by atomic mass is 10.2. The fourth-order valence-electron chi connectivity index (χ4n) is 2.12. The van der Waals surface area contributed by atoms with Gasteiger partial charge in [-0.2, -0.15) is 0 Å². The summed E-state index contributed by atoms with van der Waals surface area (Å²) in [5, 5.41) is 5.16. The zero-order valence-electron chi connectivity index (χ0n) is 12.4. The van der Waals surface area contributed by atoms with E-state index >= 15 is 0 Å². The summed E-state index contributed by atoms with van der Waals surface area (Å²) in [6.45, 7) is 1.11. The second-order valence-electron chi connectivity index (χ2n) is 5.24. The van der Waals surface area contributed by atoms with Gasteiger partial charge in [-0.05, 0) is 37.1 Å². The zero-order chi connectivity index (χ0) is 15.2. The van der Waals surface area contributed by atoms with Crippen molar-refractivity contribution in [3.05, 3.63) is 24.3 Å². The van der Waals surface area contributed by atoms with Crippen LogP contribution in [-0.4, -0.2) is 45.2 Å². The maximum Gasteiger partial charge on any atom is 0.313 e. The molecule has 1 aromatic rings. The van der Waals surface area contributed by atoms with Crippen molar-refractivity contribution in [2.24, 2.45) is 0 Å². The summed E-state index contributed by atoms with van der Waals surface area (Å²) in [5.74, 6) is -1.30. The lowest BCUT2D eigenvalue weighted by molar-refractivity contribution is -0.136. The van der Waals surface area contributed by atoms with Gasteiger partial charge in [-0.15, -0.1) is 0 Å². The Hall–Kier alpha value is -2.08. The van der Waals surface area contributed by atoms with E-state index in [1.165, 1.54) is 0 Å². The molecule has 6 heteroatoms. The van der Waals surface area contributed by atoms with Gasteiger partial charge in [0.15, 0.2) is 0 Å². The van der Waals surface area contributed by atoms with Crippen molar-refractivity contribution in [2.75, 3.05) is 37.5 Å². The molecule has 2 N–H and O–H groups in total. The van der Waals surface area contributed by atoms with E-state index < -0.39 is 11.8 Å². The smallest absolute Gasteiger partial charge is 0.313 e. The van der Waals surface area contributed by atoms with E-state index in [0.717, 1.165) is 25.1 Å². The van der Waals surface area contributed by atoms with Gasteiger partial charge in [-0.3, -0.25) is 9.59 Å². The first kappa shape index (κ1) is 15.3. The summed E-state index contributed by atoms with van der Waals surface area (Å²) in [4.78, 5) is 25.4. The van der Waals surface area contributed by atoms with E-state index in [9.17, 15) is 9.59 Å². The number of carbonyl (C=O) groups excluding carboxylic acids is 2. The fraction of sp³-hybridized carbons (Fsp3) is 0.467. The minimum atomic E-state index is -0.661. The predicted octanol–water partition coefficient (Wildman–Crippen LogP) is 0.986. The third-order valence-corrected chi connectivity index (χ3v) is 3.36. The minimum absolute atomic E-state index is 0.0288. The molecule has 1 fully saturated rings. The van der Waals surface area contributed by atoms with Gasteiger partial charge in [0.2, 0.25) is 0 Å². The van der Waals surface area contributed by atoms with Crippen molar-refractivity contribution in [1.29, 1.82) is 0 Å². The highest BCUT2D eigenvalue weighted by atomic mass is 16.5. The first-order valence-corrected chi connectivity index (χ1v) is 7.04. The van der Waals surface area contributed by atoms with Crippen LogP contribution in [0.2, 0.25) is 0 Å². The molecule has 1 heterocycles. The van der Waals surface area contributed by atoms with Crippen LogP contribution in [0.3, 0.4) is 0 Å². The van der Waals surface area contributed by atoms with Gasteiger partial charge in [0.05, 0.1) is 6.10 Å². The molecular formula is C15H21N3O3. The molecule has 0 spiro atoms. The summed E-state index contributed by atoms with van der Waals surface area (Å²) < 4.78 is 5.39. The first-order valence-electron chi connectivity index (χ1n) is 7.04. The van der Waals surface area contributed by atoms with Crippen LogP contribution in [-0.2, 0) is 14.3 Å². The third-order valence-electron chi connectivity index (χ3n) is 3.36. The number of amides is 2. The summed E-state index contributed by atoms with van der Waals surface area (Å²) in [5.41, 5.74) is 1.62. The van der Waals surface area contributed by atoms with Crippen LogP contribution in [0.1, 0.15) is 12.8 Å². The van der Waals surface area contributed by atoms with Crippen molar-refractivity contribution in [3.8, 4) is 0 Å². The molecule has 114 valence electrons. The molecule has 21 heavy (non-hydrogen) atoms. The number of nitrogens with zero attached hydrogens (tertiary/aromatic N) is 1. The van der Waals surface area contributed by atoms with Crippen LogP contribution in [0.25, 0.3) is 0 Å². The van der Waals surface area contributed by atoms with Crippen molar-refractivity contribution in [2.45, 2.75) is 18.9 Å². The van der Waals surface area contributed by atoms with Gasteiger partial charge in [-0.1, -0.05) is 0 Å². The highest BCUT2D eigenvalue weighted by Crippen LogP contribution is 2.15. The number of hydrogen-bond acceptors (Lipinski definition) is 4. The van der Waals surface area contributed by atoms with E-state index in [2.05, 4.69) is 10.6 Å². The van der Waals surface area contributed by atoms with Crippen LogP contribution < -0.4 is 15.5 Å². The molecule has 0 radical (unpaired) electrons. The normalized spacial score (nSPS) is 17.3. The Morgan fingerprint density at radius 3 is 2.52 bits per heavy atom. The van der Waals surface area contributed by atoms with Gasteiger partial charge in [0.1, 0.15) is 0 Å². The van der Waals surface area contributed by atoms with Gasteiger partial charge < -0.3 is 20.3 Å². The molecule has 0 aliphatic carbocycles. The number of benzene rings is 1. The van der Waals surface area contributed by atoms with E-state index in [1.807, 2.05) is 31.1 Å². The molecule has 1 aliphatic heterocycles. The lowest BCUT2D eigenvalue weighted by Crippen LogP contribution is -2.39. The quantitative estimate of drug-likeness (QED) is 0.812. The van der Waals surface area contributed by atoms with Crippen molar-refractivity contribution >= 4 is 23.2 Å². The van der Waals surface area contributed by atoms with Gasteiger partial charge in [-0.25, -0.2) is 0 Å².